The maximum absolute atomic E-state index is 12.3. The van der Waals surface area contributed by atoms with E-state index < -0.39 is 18.5 Å². The van der Waals surface area contributed by atoms with Gasteiger partial charge < -0.3 is 4.90 Å². The summed E-state index contributed by atoms with van der Waals surface area (Å²) < 4.78 is 37.0. The number of carbonyl (C=O) groups is 1. The van der Waals surface area contributed by atoms with E-state index in [0.717, 1.165) is 29.8 Å². The highest BCUT2D eigenvalue weighted by Gasteiger charge is 2.35. The van der Waals surface area contributed by atoms with Gasteiger partial charge in [-0.2, -0.15) is 13.2 Å². The van der Waals surface area contributed by atoms with E-state index in [1.165, 1.54) is 11.2 Å². The van der Waals surface area contributed by atoms with Gasteiger partial charge in [0.2, 0.25) is 5.91 Å². The van der Waals surface area contributed by atoms with E-state index in [-0.39, 0.29) is 0 Å². The van der Waals surface area contributed by atoms with Gasteiger partial charge in [0.05, 0.1) is 5.69 Å². The predicted octanol–water partition coefficient (Wildman–Crippen LogP) is 2.23. The Morgan fingerprint density at radius 3 is 2.62 bits per heavy atom. The molecule has 1 aliphatic carbocycles. The third-order valence-corrected chi connectivity index (χ3v) is 3.99. The summed E-state index contributed by atoms with van der Waals surface area (Å²) in [6, 6.07) is 0. The number of amides is 1. The zero-order chi connectivity index (χ0) is 15.0. The molecule has 21 heavy (non-hydrogen) atoms. The maximum Gasteiger partial charge on any atom is 0.397 e. The molecule has 1 aliphatic heterocycles. The van der Waals surface area contributed by atoms with Crippen molar-refractivity contribution < 1.29 is 18.0 Å². The monoisotopic (exact) mass is 299 g/mol. The zero-order valence-electron chi connectivity index (χ0n) is 11.5. The molecular formula is C14H16F3N3O. The third kappa shape index (κ3) is 3.33. The molecule has 0 radical (unpaired) electrons. The van der Waals surface area contributed by atoms with Crippen molar-refractivity contribution in [2.45, 2.75) is 44.2 Å². The van der Waals surface area contributed by atoms with Gasteiger partial charge in [-0.25, -0.2) is 9.97 Å². The molecule has 1 fully saturated rings. The van der Waals surface area contributed by atoms with Crippen LogP contribution in [0.4, 0.5) is 13.2 Å². The topological polar surface area (TPSA) is 46.1 Å². The van der Waals surface area contributed by atoms with Gasteiger partial charge in [0.25, 0.3) is 0 Å². The SMILES string of the molecule is O=C(CC(F)(F)F)N1CCc2ncnc(C3CC3)c2CC1. The Hall–Kier alpha value is -1.66. The van der Waals surface area contributed by atoms with E-state index in [1.54, 1.807) is 0 Å². The lowest BCUT2D eigenvalue weighted by Crippen LogP contribution is -2.36. The molecular weight excluding hydrogens is 283 g/mol. The van der Waals surface area contributed by atoms with Crippen LogP contribution in [0.15, 0.2) is 6.33 Å². The molecule has 4 nitrogen and oxygen atoms in total. The number of halogens is 3. The lowest BCUT2D eigenvalue weighted by atomic mass is 10.0. The van der Waals surface area contributed by atoms with E-state index in [2.05, 4.69) is 9.97 Å². The zero-order valence-corrected chi connectivity index (χ0v) is 11.5. The van der Waals surface area contributed by atoms with Crippen molar-refractivity contribution in [1.82, 2.24) is 14.9 Å². The summed E-state index contributed by atoms with van der Waals surface area (Å²) in [7, 11) is 0. The molecule has 1 saturated carbocycles. The van der Waals surface area contributed by atoms with E-state index in [9.17, 15) is 18.0 Å². The minimum Gasteiger partial charge on any atom is -0.342 e. The normalized spacial score (nSPS) is 19.1. The molecule has 1 aromatic rings. The van der Waals surface area contributed by atoms with Crippen molar-refractivity contribution in [1.29, 1.82) is 0 Å². The molecule has 2 heterocycles. The van der Waals surface area contributed by atoms with Gasteiger partial charge in [0, 0.05) is 31.1 Å². The number of hydrogen-bond acceptors (Lipinski definition) is 3. The van der Waals surface area contributed by atoms with Gasteiger partial charge in [0.1, 0.15) is 12.7 Å². The highest BCUT2D eigenvalue weighted by atomic mass is 19.4. The molecule has 0 aromatic carbocycles. The quantitative estimate of drug-likeness (QED) is 0.841. The van der Waals surface area contributed by atoms with Crippen LogP contribution in [0, 0.1) is 0 Å². The lowest BCUT2D eigenvalue weighted by Gasteiger charge is -2.20. The fourth-order valence-electron chi connectivity index (χ4n) is 2.79. The van der Waals surface area contributed by atoms with Gasteiger partial charge in [-0.05, 0) is 24.8 Å². The van der Waals surface area contributed by atoms with Crippen LogP contribution in [0.3, 0.4) is 0 Å². The second-order valence-electron chi connectivity index (χ2n) is 5.63. The fraction of sp³-hybridized carbons (Fsp3) is 0.643. The van der Waals surface area contributed by atoms with Crippen molar-refractivity contribution in [2.75, 3.05) is 13.1 Å². The molecule has 2 aliphatic rings. The van der Waals surface area contributed by atoms with Crippen LogP contribution >= 0.6 is 0 Å². The Kier molecular flexibility index (Phi) is 3.59. The minimum atomic E-state index is -4.45. The number of rotatable bonds is 2. The van der Waals surface area contributed by atoms with E-state index >= 15 is 0 Å². The Bertz CT molecular complexity index is 555. The average Bonchev–Trinajstić information content (AvgIpc) is 3.22. The molecule has 0 bridgehead atoms. The number of hydrogen-bond donors (Lipinski definition) is 0. The number of alkyl halides is 3. The maximum atomic E-state index is 12.3. The smallest absolute Gasteiger partial charge is 0.342 e. The Labute approximate surface area is 120 Å². The van der Waals surface area contributed by atoms with Gasteiger partial charge in [-0.3, -0.25) is 4.79 Å². The van der Waals surface area contributed by atoms with E-state index in [4.69, 9.17) is 0 Å². The van der Waals surface area contributed by atoms with Crippen molar-refractivity contribution in [3.8, 4) is 0 Å². The van der Waals surface area contributed by atoms with Gasteiger partial charge in [0.15, 0.2) is 0 Å². The average molecular weight is 299 g/mol. The van der Waals surface area contributed by atoms with Crippen LogP contribution in [-0.4, -0.2) is 40.0 Å². The van der Waals surface area contributed by atoms with E-state index in [1.807, 2.05) is 0 Å². The molecule has 1 aromatic heterocycles. The highest BCUT2D eigenvalue weighted by Crippen LogP contribution is 2.41. The molecule has 7 heteroatoms. The molecule has 0 unspecified atom stereocenters. The van der Waals surface area contributed by atoms with Crippen LogP contribution < -0.4 is 0 Å². The van der Waals surface area contributed by atoms with Crippen LogP contribution in [0.5, 0.6) is 0 Å². The molecule has 0 saturated heterocycles. The lowest BCUT2D eigenvalue weighted by molar-refractivity contribution is -0.161. The summed E-state index contributed by atoms with van der Waals surface area (Å²) >= 11 is 0. The number of nitrogens with zero attached hydrogens (tertiary/aromatic N) is 3. The molecule has 1 amide bonds. The van der Waals surface area contributed by atoms with Crippen LogP contribution in [-0.2, 0) is 17.6 Å². The summed E-state index contributed by atoms with van der Waals surface area (Å²) in [5.41, 5.74) is 2.96. The van der Waals surface area contributed by atoms with Crippen LogP contribution in [0.1, 0.15) is 42.1 Å². The van der Waals surface area contributed by atoms with Gasteiger partial charge in [-0.15, -0.1) is 0 Å². The molecule has 0 spiro atoms. The molecule has 3 rings (SSSR count). The van der Waals surface area contributed by atoms with Crippen molar-refractivity contribution in [2.24, 2.45) is 0 Å². The number of fused-ring (bicyclic) bond motifs is 1. The van der Waals surface area contributed by atoms with Crippen molar-refractivity contribution in [3.05, 3.63) is 23.3 Å². The van der Waals surface area contributed by atoms with Crippen LogP contribution in [0.2, 0.25) is 0 Å². The van der Waals surface area contributed by atoms with Crippen molar-refractivity contribution in [3.63, 3.8) is 0 Å². The fourth-order valence-corrected chi connectivity index (χ4v) is 2.79. The molecule has 114 valence electrons. The van der Waals surface area contributed by atoms with Gasteiger partial charge in [-0.1, -0.05) is 0 Å². The largest absolute Gasteiger partial charge is 0.397 e. The minimum absolute atomic E-state index is 0.295. The summed E-state index contributed by atoms with van der Waals surface area (Å²) in [4.78, 5) is 21.6. The second kappa shape index (κ2) is 5.27. The number of aromatic nitrogens is 2. The first-order valence-electron chi connectivity index (χ1n) is 7.11. The number of carbonyl (C=O) groups excluding carboxylic acids is 1. The summed E-state index contributed by atoms with van der Waals surface area (Å²) in [6.07, 6.45) is -1.04. The van der Waals surface area contributed by atoms with E-state index in [0.29, 0.717) is 31.8 Å². The third-order valence-electron chi connectivity index (χ3n) is 3.99. The predicted molar refractivity (Wildman–Crippen MR) is 68.7 cm³/mol. The van der Waals surface area contributed by atoms with Crippen LogP contribution in [0.25, 0.3) is 0 Å². The second-order valence-corrected chi connectivity index (χ2v) is 5.63. The Balaban J connectivity index is 1.73. The van der Waals surface area contributed by atoms with Gasteiger partial charge >= 0.3 is 6.18 Å². The first kappa shape index (κ1) is 14.3. The summed E-state index contributed by atoms with van der Waals surface area (Å²) in [6.45, 7) is 0.609. The molecule has 0 N–H and O–H groups in total. The summed E-state index contributed by atoms with van der Waals surface area (Å²) in [5.74, 6) is -0.379. The first-order valence-corrected chi connectivity index (χ1v) is 7.11. The Morgan fingerprint density at radius 1 is 1.24 bits per heavy atom. The standard InChI is InChI=1S/C14H16F3N3O/c15-14(16,17)7-12(21)20-5-3-10-11(4-6-20)18-8-19-13(10)9-1-2-9/h8-9H,1-7H2. The first-order chi connectivity index (χ1) is 9.94. The summed E-state index contributed by atoms with van der Waals surface area (Å²) in [5, 5.41) is 0. The van der Waals surface area contributed by atoms with Crippen molar-refractivity contribution >= 4 is 5.91 Å². The Morgan fingerprint density at radius 2 is 1.95 bits per heavy atom. The molecule has 0 atom stereocenters. The highest BCUT2D eigenvalue weighted by molar-refractivity contribution is 5.77.